The smallest absolute Gasteiger partial charge is 0.243 e. The summed E-state index contributed by atoms with van der Waals surface area (Å²) in [5, 5.41) is 3.17. The number of rotatable bonds is 7. The van der Waals surface area contributed by atoms with Crippen molar-refractivity contribution in [3.05, 3.63) is 35.4 Å². The standard InChI is InChI=1S/C23H35N3O3/c1-17(2)14-22(27)26-16-20-7-5-4-6-19(20)15-21(26)23(28)24-18(3)8-9-25-10-12-29-13-11-25/h4-7,17-18,21H,8-16H2,1-3H3,(H,24,28). The topological polar surface area (TPSA) is 61.9 Å². The molecule has 2 atom stereocenters. The first kappa shape index (κ1) is 21.8. The molecule has 6 nitrogen and oxygen atoms in total. The Labute approximate surface area is 174 Å². The van der Waals surface area contributed by atoms with Gasteiger partial charge in [-0.15, -0.1) is 0 Å². The second kappa shape index (κ2) is 10.2. The van der Waals surface area contributed by atoms with E-state index in [9.17, 15) is 9.59 Å². The molecule has 2 unspecified atom stereocenters. The largest absolute Gasteiger partial charge is 0.379 e. The maximum atomic E-state index is 13.1. The summed E-state index contributed by atoms with van der Waals surface area (Å²) in [6, 6.07) is 7.78. The minimum absolute atomic E-state index is 0.0360. The quantitative estimate of drug-likeness (QED) is 0.761. The number of nitrogens with zero attached hydrogens (tertiary/aromatic N) is 2. The molecule has 0 spiro atoms. The molecular weight excluding hydrogens is 366 g/mol. The zero-order chi connectivity index (χ0) is 20.8. The SMILES string of the molecule is CC(C)CC(=O)N1Cc2ccccc2CC1C(=O)NC(C)CCN1CCOCC1. The van der Waals surface area contributed by atoms with Gasteiger partial charge in [-0.1, -0.05) is 38.1 Å². The van der Waals surface area contributed by atoms with Gasteiger partial charge in [-0.25, -0.2) is 0 Å². The maximum Gasteiger partial charge on any atom is 0.243 e. The summed E-state index contributed by atoms with van der Waals surface area (Å²) in [6.45, 7) is 11.1. The molecular formula is C23H35N3O3. The van der Waals surface area contributed by atoms with Crippen molar-refractivity contribution in [2.24, 2.45) is 5.92 Å². The van der Waals surface area contributed by atoms with E-state index in [-0.39, 0.29) is 23.8 Å². The molecule has 1 aromatic rings. The van der Waals surface area contributed by atoms with Gasteiger partial charge in [-0.3, -0.25) is 14.5 Å². The van der Waals surface area contributed by atoms with Crippen LogP contribution in [0.4, 0.5) is 0 Å². The molecule has 1 saturated heterocycles. The normalized spacial score (nSPS) is 21.0. The number of benzene rings is 1. The summed E-state index contributed by atoms with van der Waals surface area (Å²) in [5.74, 6) is 0.303. The Kier molecular flexibility index (Phi) is 7.67. The van der Waals surface area contributed by atoms with Crippen LogP contribution in [-0.2, 0) is 27.3 Å². The van der Waals surface area contributed by atoms with Gasteiger partial charge in [-0.2, -0.15) is 0 Å². The van der Waals surface area contributed by atoms with Crippen LogP contribution in [0.15, 0.2) is 24.3 Å². The average Bonchev–Trinajstić information content (AvgIpc) is 2.71. The summed E-state index contributed by atoms with van der Waals surface area (Å²) in [7, 11) is 0. The Morgan fingerprint density at radius 1 is 1.14 bits per heavy atom. The Hall–Kier alpha value is -1.92. The minimum Gasteiger partial charge on any atom is -0.379 e. The monoisotopic (exact) mass is 401 g/mol. The average molecular weight is 402 g/mol. The Morgan fingerprint density at radius 2 is 1.83 bits per heavy atom. The third-order valence-corrected chi connectivity index (χ3v) is 5.83. The van der Waals surface area contributed by atoms with Gasteiger partial charge in [0.1, 0.15) is 6.04 Å². The number of hydrogen-bond donors (Lipinski definition) is 1. The van der Waals surface area contributed by atoms with E-state index in [4.69, 9.17) is 4.74 Å². The number of carbonyl (C=O) groups is 2. The van der Waals surface area contributed by atoms with Gasteiger partial charge in [0.25, 0.3) is 0 Å². The lowest BCUT2D eigenvalue weighted by Crippen LogP contribution is -2.54. The van der Waals surface area contributed by atoms with Crippen molar-refractivity contribution >= 4 is 11.8 Å². The van der Waals surface area contributed by atoms with Crippen molar-refractivity contribution in [2.75, 3.05) is 32.8 Å². The summed E-state index contributed by atoms with van der Waals surface area (Å²) >= 11 is 0. The fourth-order valence-corrected chi connectivity index (χ4v) is 4.10. The van der Waals surface area contributed by atoms with E-state index in [1.807, 2.05) is 26.0 Å². The van der Waals surface area contributed by atoms with Gasteiger partial charge in [0.05, 0.1) is 13.2 Å². The van der Waals surface area contributed by atoms with Gasteiger partial charge >= 0.3 is 0 Å². The molecule has 6 heteroatoms. The van der Waals surface area contributed by atoms with Gasteiger partial charge < -0.3 is 15.0 Å². The Balaban J connectivity index is 1.62. The van der Waals surface area contributed by atoms with Crippen molar-refractivity contribution in [3.8, 4) is 0 Å². The number of hydrogen-bond acceptors (Lipinski definition) is 4. The van der Waals surface area contributed by atoms with Crippen molar-refractivity contribution in [3.63, 3.8) is 0 Å². The molecule has 2 aliphatic rings. The number of amides is 2. The molecule has 0 saturated carbocycles. The maximum absolute atomic E-state index is 13.1. The first-order valence-electron chi connectivity index (χ1n) is 10.9. The molecule has 29 heavy (non-hydrogen) atoms. The molecule has 2 aliphatic heterocycles. The lowest BCUT2D eigenvalue weighted by atomic mass is 9.92. The number of ether oxygens (including phenoxy) is 1. The number of carbonyl (C=O) groups excluding carboxylic acids is 2. The van der Waals surface area contributed by atoms with Crippen LogP contribution >= 0.6 is 0 Å². The van der Waals surface area contributed by atoms with Crippen LogP contribution in [0.3, 0.4) is 0 Å². The summed E-state index contributed by atoms with van der Waals surface area (Å²) in [4.78, 5) is 30.2. The third-order valence-electron chi connectivity index (χ3n) is 5.83. The minimum atomic E-state index is -0.429. The van der Waals surface area contributed by atoms with E-state index >= 15 is 0 Å². The molecule has 0 bridgehead atoms. The van der Waals surface area contributed by atoms with Crippen LogP contribution in [0, 0.1) is 5.92 Å². The molecule has 3 rings (SSSR count). The van der Waals surface area contributed by atoms with E-state index < -0.39 is 6.04 Å². The van der Waals surface area contributed by atoms with E-state index in [1.54, 1.807) is 4.90 Å². The lowest BCUT2D eigenvalue weighted by molar-refractivity contribution is -0.142. The molecule has 1 aromatic carbocycles. The van der Waals surface area contributed by atoms with Gasteiger partial charge in [0.2, 0.25) is 11.8 Å². The molecule has 0 aliphatic carbocycles. The zero-order valence-electron chi connectivity index (χ0n) is 18.0. The van der Waals surface area contributed by atoms with Crippen molar-refractivity contribution in [1.29, 1.82) is 0 Å². The molecule has 0 aromatic heterocycles. The highest BCUT2D eigenvalue weighted by molar-refractivity contribution is 5.88. The molecule has 2 amide bonds. The highest BCUT2D eigenvalue weighted by Gasteiger charge is 2.35. The highest BCUT2D eigenvalue weighted by Crippen LogP contribution is 2.25. The molecule has 1 N–H and O–H groups in total. The van der Waals surface area contributed by atoms with Crippen LogP contribution < -0.4 is 5.32 Å². The first-order valence-corrected chi connectivity index (χ1v) is 10.9. The lowest BCUT2D eigenvalue weighted by Gasteiger charge is -2.37. The van der Waals surface area contributed by atoms with Gasteiger partial charge in [-0.05, 0) is 30.4 Å². The number of nitrogens with one attached hydrogen (secondary N) is 1. The van der Waals surface area contributed by atoms with Gasteiger partial charge in [0, 0.05) is 45.1 Å². The predicted octanol–water partition coefficient (Wildman–Crippen LogP) is 2.21. The van der Waals surface area contributed by atoms with E-state index in [1.165, 1.54) is 5.56 Å². The van der Waals surface area contributed by atoms with Gasteiger partial charge in [0.15, 0.2) is 0 Å². The molecule has 0 radical (unpaired) electrons. The van der Waals surface area contributed by atoms with Crippen LogP contribution in [0.5, 0.6) is 0 Å². The Morgan fingerprint density at radius 3 is 2.52 bits per heavy atom. The fraction of sp³-hybridized carbons (Fsp3) is 0.652. The van der Waals surface area contributed by atoms with E-state index in [0.29, 0.717) is 19.4 Å². The summed E-state index contributed by atoms with van der Waals surface area (Å²) < 4.78 is 5.39. The van der Waals surface area contributed by atoms with E-state index in [2.05, 4.69) is 29.3 Å². The van der Waals surface area contributed by atoms with Crippen molar-refractivity contribution in [2.45, 2.75) is 58.7 Å². The second-order valence-corrected chi connectivity index (χ2v) is 8.76. The van der Waals surface area contributed by atoms with E-state index in [0.717, 1.165) is 44.8 Å². The van der Waals surface area contributed by atoms with Crippen LogP contribution in [0.2, 0.25) is 0 Å². The third kappa shape index (κ3) is 6.03. The van der Waals surface area contributed by atoms with Crippen molar-refractivity contribution in [1.82, 2.24) is 15.1 Å². The summed E-state index contributed by atoms with van der Waals surface area (Å²) in [6.07, 6.45) is 1.95. The van der Waals surface area contributed by atoms with Crippen molar-refractivity contribution < 1.29 is 14.3 Å². The van der Waals surface area contributed by atoms with Crippen LogP contribution in [-0.4, -0.2) is 66.5 Å². The zero-order valence-corrected chi connectivity index (χ0v) is 18.0. The predicted molar refractivity (Wildman–Crippen MR) is 113 cm³/mol. The highest BCUT2D eigenvalue weighted by atomic mass is 16.5. The number of fused-ring (bicyclic) bond motifs is 1. The molecule has 160 valence electrons. The summed E-state index contributed by atoms with van der Waals surface area (Å²) in [5.41, 5.74) is 2.32. The van der Waals surface area contributed by atoms with Crippen LogP contribution in [0.25, 0.3) is 0 Å². The molecule has 2 heterocycles. The fourth-order valence-electron chi connectivity index (χ4n) is 4.10. The Bertz CT molecular complexity index is 700. The number of morpholine rings is 1. The second-order valence-electron chi connectivity index (χ2n) is 8.76. The first-order chi connectivity index (χ1) is 13.9. The van der Waals surface area contributed by atoms with Crippen LogP contribution in [0.1, 0.15) is 44.7 Å². The molecule has 1 fully saturated rings.